The highest BCUT2D eigenvalue weighted by Crippen LogP contribution is 2.30. The van der Waals surface area contributed by atoms with Gasteiger partial charge in [-0.25, -0.2) is 8.78 Å². The lowest BCUT2D eigenvalue weighted by Crippen LogP contribution is -2.23. The molecule has 134 valence electrons. The number of benzene rings is 2. The summed E-state index contributed by atoms with van der Waals surface area (Å²) in [5, 5.41) is 6.91. The zero-order chi connectivity index (χ0) is 18.7. The van der Waals surface area contributed by atoms with E-state index >= 15 is 0 Å². The molecular weight excluding hydrogens is 340 g/mol. The number of aromatic nitrogens is 2. The number of nitrogens with zero attached hydrogens (tertiary/aromatic N) is 2. The third kappa shape index (κ3) is 3.72. The quantitative estimate of drug-likeness (QED) is 0.762. The van der Waals surface area contributed by atoms with Crippen LogP contribution in [0.4, 0.5) is 8.78 Å². The molecule has 0 aliphatic carbocycles. The molecule has 0 saturated carbocycles. The maximum atomic E-state index is 13.6. The zero-order valence-corrected chi connectivity index (χ0v) is 14.3. The minimum Gasteiger partial charge on any atom is -0.496 e. The molecule has 0 bridgehead atoms. The average Bonchev–Trinajstić information content (AvgIpc) is 3.02. The normalized spacial score (nSPS) is 10.6. The number of hydrogen-bond acceptors (Lipinski definition) is 3. The van der Waals surface area contributed by atoms with E-state index in [0.29, 0.717) is 17.0 Å². The average molecular weight is 357 g/mol. The molecule has 1 amide bonds. The zero-order valence-electron chi connectivity index (χ0n) is 14.3. The highest BCUT2D eigenvalue weighted by atomic mass is 19.1. The molecular formula is C19H17F2N3O2. The van der Waals surface area contributed by atoms with E-state index in [1.807, 2.05) is 0 Å². The van der Waals surface area contributed by atoms with Crippen LogP contribution in [0.5, 0.6) is 5.75 Å². The summed E-state index contributed by atoms with van der Waals surface area (Å²) in [6, 6.07) is 11.6. The Hall–Kier alpha value is -3.22. The number of carbonyl (C=O) groups excluding carboxylic acids is 1. The second-order valence-corrected chi connectivity index (χ2v) is 5.69. The largest absolute Gasteiger partial charge is 0.496 e. The molecule has 5 nitrogen and oxygen atoms in total. The van der Waals surface area contributed by atoms with Gasteiger partial charge in [0.25, 0.3) is 5.91 Å². The number of aryl methyl sites for hydroxylation is 1. The van der Waals surface area contributed by atoms with Gasteiger partial charge in [0.15, 0.2) is 5.69 Å². The number of rotatable bonds is 5. The van der Waals surface area contributed by atoms with Gasteiger partial charge in [-0.15, -0.1) is 0 Å². The van der Waals surface area contributed by atoms with Crippen molar-refractivity contribution < 1.29 is 18.3 Å². The minimum absolute atomic E-state index is 0.191. The van der Waals surface area contributed by atoms with Gasteiger partial charge in [-0.3, -0.25) is 9.48 Å². The molecule has 0 aliphatic rings. The van der Waals surface area contributed by atoms with Crippen LogP contribution in [-0.4, -0.2) is 22.8 Å². The van der Waals surface area contributed by atoms with E-state index < -0.39 is 5.82 Å². The summed E-state index contributed by atoms with van der Waals surface area (Å²) in [6.07, 6.45) is 0. The van der Waals surface area contributed by atoms with E-state index in [4.69, 9.17) is 4.74 Å². The molecule has 1 heterocycles. The molecule has 1 N–H and O–H groups in total. The first kappa shape index (κ1) is 17.6. The van der Waals surface area contributed by atoms with Crippen LogP contribution in [0.3, 0.4) is 0 Å². The Morgan fingerprint density at radius 2 is 1.81 bits per heavy atom. The molecule has 7 heteroatoms. The lowest BCUT2D eigenvalue weighted by Gasteiger charge is -2.08. The number of ether oxygens (including phenoxy) is 1. The summed E-state index contributed by atoms with van der Waals surface area (Å²) in [4.78, 5) is 12.3. The lowest BCUT2D eigenvalue weighted by molar-refractivity contribution is 0.0945. The Morgan fingerprint density at radius 3 is 2.50 bits per heavy atom. The van der Waals surface area contributed by atoms with Crippen LogP contribution in [-0.2, 0) is 13.6 Å². The highest BCUT2D eigenvalue weighted by Gasteiger charge is 2.17. The van der Waals surface area contributed by atoms with Gasteiger partial charge in [-0.2, -0.15) is 5.10 Å². The summed E-state index contributed by atoms with van der Waals surface area (Å²) >= 11 is 0. The van der Waals surface area contributed by atoms with E-state index in [9.17, 15) is 13.6 Å². The van der Waals surface area contributed by atoms with Crippen molar-refractivity contribution in [2.75, 3.05) is 7.11 Å². The highest BCUT2D eigenvalue weighted by molar-refractivity contribution is 5.93. The van der Waals surface area contributed by atoms with Crippen molar-refractivity contribution in [3.05, 3.63) is 71.4 Å². The molecule has 0 radical (unpaired) electrons. The molecule has 26 heavy (non-hydrogen) atoms. The summed E-state index contributed by atoms with van der Waals surface area (Å²) in [5.74, 6) is -0.651. The Kier molecular flexibility index (Phi) is 4.97. The molecule has 2 aromatic carbocycles. The SMILES string of the molecule is COc1ccc(F)cc1-c1cc(C(=O)NCc2ccc(F)cc2)nn1C. The van der Waals surface area contributed by atoms with Crippen molar-refractivity contribution in [3.8, 4) is 17.0 Å². The maximum absolute atomic E-state index is 13.6. The molecule has 3 rings (SSSR count). The molecule has 0 aliphatic heterocycles. The monoisotopic (exact) mass is 357 g/mol. The van der Waals surface area contributed by atoms with Crippen molar-refractivity contribution in [3.63, 3.8) is 0 Å². The first-order chi connectivity index (χ1) is 12.5. The molecule has 3 aromatic rings. The summed E-state index contributed by atoms with van der Waals surface area (Å²) in [7, 11) is 3.15. The standard InChI is InChI=1S/C19H17F2N3O2/c1-24-17(15-9-14(21)7-8-18(15)26-2)10-16(23-24)19(25)22-11-12-3-5-13(20)6-4-12/h3-10H,11H2,1-2H3,(H,22,25). The molecule has 1 aromatic heterocycles. The molecule has 0 unspecified atom stereocenters. The van der Waals surface area contributed by atoms with E-state index in [-0.39, 0.29) is 24.0 Å². The third-order valence-corrected chi connectivity index (χ3v) is 3.92. The number of carbonyl (C=O) groups is 1. The van der Waals surface area contributed by atoms with Gasteiger partial charge in [0.2, 0.25) is 0 Å². The molecule has 0 atom stereocenters. The Bertz CT molecular complexity index is 936. The van der Waals surface area contributed by atoms with Crippen molar-refractivity contribution in [2.45, 2.75) is 6.54 Å². The molecule has 0 saturated heterocycles. The van der Waals surface area contributed by atoms with Crippen LogP contribution >= 0.6 is 0 Å². The third-order valence-electron chi connectivity index (χ3n) is 3.92. The predicted octanol–water partition coefficient (Wildman–Crippen LogP) is 3.30. The Labute approximate surface area is 149 Å². The van der Waals surface area contributed by atoms with Crippen molar-refractivity contribution in [1.29, 1.82) is 0 Å². The first-order valence-electron chi connectivity index (χ1n) is 7.88. The van der Waals surface area contributed by atoms with E-state index in [2.05, 4.69) is 10.4 Å². The van der Waals surface area contributed by atoms with Crippen molar-refractivity contribution >= 4 is 5.91 Å². The summed E-state index contributed by atoms with van der Waals surface area (Å²) < 4.78 is 33.3. The van der Waals surface area contributed by atoms with Gasteiger partial charge in [0, 0.05) is 19.2 Å². The summed E-state index contributed by atoms with van der Waals surface area (Å²) in [5.41, 5.74) is 2.01. The van der Waals surface area contributed by atoms with Gasteiger partial charge in [-0.05, 0) is 42.0 Å². The van der Waals surface area contributed by atoms with Crippen molar-refractivity contribution in [2.24, 2.45) is 7.05 Å². The van der Waals surface area contributed by atoms with E-state index in [0.717, 1.165) is 5.56 Å². The number of halogens is 2. The van der Waals surface area contributed by atoms with Crippen LogP contribution in [0.15, 0.2) is 48.5 Å². The van der Waals surface area contributed by atoms with E-state index in [1.165, 1.54) is 42.1 Å². The Morgan fingerprint density at radius 1 is 1.12 bits per heavy atom. The second-order valence-electron chi connectivity index (χ2n) is 5.69. The van der Waals surface area contributed by atoms with Gasteiger partial charge in [-0.1, -0.05) is 12.1 Å². The summed E-state index contributed by atoms with van der Waals surface area (Å²) in [6.45, 7) is 0.244. The topological polar surface area (TPSA) is 56.1 Å². The lowest BCUT2D eigenvalue weighted by atomic mass is 10.1. The van der Waals surface area contributed by atoms with Crippen LogP contribution in [0.2, 0.25) is 0 Å². The van der Waals surface area contributed by atoms with E-state index in [1.54, 1.807) is 25.2 Å². The fraction of sp³-hybridized carbons (Fsp3) is 0.158. The number of amides is 1. The van der Waals surface area contributed by atoms with Gasteiger partial charge >= 0.3 is 0 Å². The van der Waals surface area contributed by atoms with Gasteiger partial charge < -0.3 is 10.1 Å². The number of hydrogen-bond donors (Lipinski definition) is 1. The minimum atomic E-state index is -0.413. The molecule has 0 fully saturated rings. The predicted molar refractivity (Wildman–Crippen MR) is 92.7 cm³/mol. The fourth-order valence-electron chi connectivity index (χ4n) is 2.59. The second kappa shape index (κ2) is 7.35. The first-order valence-corrected chi connectivity index (χ1v) is 7.88. The Balaban J connectivity index is 1.80. The smallest absolute Gasteiger partial charge is 0.272 e. The van der Waals surface area contributed by atoms with Crippen LogP contribution in [0.1, 0.15) is 16.1 Å². The number of methoxy groups -OCH3 is 1. The number of nitrogens with one attached hydrogen (secondary N) is 1. The van der Waals surface area contributed by atoms with Gasteiger partial charge in [0.05, 0.1) is 12.8 Å². The van der Waals surface area contributed by atoms with Crippen LogP contribution in [0.25, 0.3) is 11.3 Å². The van der Waals surface area contributed by atoms with Crippen LogP contribution < -0.4 is 10.1 Å². The van der Waals surface area contributed by atoms with Crippen LogP contribution in [0, 0.1) is 11.6 Å². The van der Waals surface area contributed by atoms with Gasteiger partial charge in [0.1, 0.15) is 17.4 Å². The molecule has 0 spiro atoms. The maximum Gasteiger partial charge on any atom is 0.272 e. The van der Waals surface area contributed by atoms with Crippen molar-refractivity contribution in [1.82, 2.24) is 15.1 Å². The fourth-order valence-corrected chi connectivity index (χ4v) is 2.59.